The zero-order valence-corrected chi connectivity index (χ0v) is 13.1. The summed E-state index contributed by atoms with van der Waals surface area (Å²) in [5.74, 6) is 1.27. The maximum Gasteiger partial charge on any atom is 0.267 e. The summed E-state index contributed by atoms with van der Waals surface area (Å²) in [7, 11) is 3.21. The Balaban J connectivity index is 1.76. The molecule has 0 spiro atoms. The van der Waals surface area contributed by atoms with E-state index in [4.69, 9.17) is 9.47 Å². The van der Waals surface area contributed by atoms with Crippen LogP contribution < -0.4 is 14.8 Å². The second kappa shape index (κ2) is 6.44. The first-order valence-corrected chi connectivity index (χ1v) is 7.28. The monoisotopic (exact) mass is 310 g/mol. The van der Waals surface area contributed by atoms with E-state index >= 15 is 0 Å². The van der Waals surface area contributed by atoms with Gasteiger partial charge >= 0.3 is 0 Å². The second-order valence-corrected chi connectivity index (χ2v) is 5.13. The molecule has 0 saturated carbocycles. The van der Waals surface area contributed by atoms with Crippen molar-refractivity contribution in [2.24, 2.45) is 0 Å². The van der Waals surface area contributed by atoms with Crippen LogP contribution in [0.1, 0.15) is 16.1 Å². The van der Waals surface area contributed by atoms with Gasteiger partial charge in [0.15, 0.2) is 0 Å². The normalized spacial score (nSPS) is 10.5. The number of H-pyrrole nitrogens is 1. The van der Waals surface area contributed by atoms with Crippen LogP contribution in [0.2, 0.25) is 0 Å². The molecule has 0 fully saturated rings. The molecule has 1 aromatic heterocycles. The zero-order valence-electron chi connectivity index (χ0n) is 13.1. The zero-order chi connectivity index (χ0) is 16.2. The van der Waals surface area contributed by atoms with E-state index in [1.165, 1.54) is 0 Å². The minimum absolute atomic E-state index is 0.161. The van der Waals surface area contributed by atoms with Gasteiger partial charge in [-0.1, -0.05) is 18.2 Å². The molecule has 118 valence electrons. The number of rotatable bonds is 5. The number of aromatic nitrogens is 1. The van der Waals surface area contributed by atoms with E-state index in [1.807, 2.05) is 48.5 Å². The molecule has 0 aliphatic rings. The lowest BCUT2D eigenvalue weighted by atomic mass is 10.2. The number of carbonyl (C=O) groups excluding carboxylic acids is 1. The molecular formula is C18H18N2O3. The maximum atomic E-state index is 12.3. The molecule has 0 unspecified atom stereocenters. The van der Waals surface area contributed by atoms with Crippen LogP contribution >= 0.6 is 0 Å². The number of hydrogen-bond acceptors (Lipinski definition) is 3. The summed E-state index contributed by atoms with van der Waals surface area (Å²) in [6, 6.07) is 15.1. The Labute approximate surface area is 134 Å². The van der Waals surface area contributed by atoms with Gasteiger partial charge in [-0.15, -0.1) is 0 Å². The van der Waals surface area contributed by atoms with E-state index in [0.717, 1.165) is 22.2 Å². The van der Waals surface area contributed by atoms with Crippen molar-refractivity contribution in [3.8, 4) is 11.5 Å². The topological polar surface area (TPSA) is 63.4 Å². The third-order valence-corrected chi connectivity index (χ3v) is 3.70. The number of fused-ring (bicyclic) bond motifs is 1. The third-order valence-electron chi connectivity index (χ3n) is 3.70. The van der Waals surface area contributed by atoms with Gasteiger partial charge in [-0.3, -0.25) is 4.79 Å². The van der Waals surface area contributed by atoms with E-state index in [9.17, 15) is 4.79 Å². The molecule has 0 aliphatic carbocycles. The van der Waals surface area contributed by atoms with Crippen LogP contribution in [-0.2, 0) is 6.54 Å². The molecule has 3 aromatic rings. The second-order valence-electron chi connectivity index (χ2n) is 5.13. The Kier molecular flexibility index (Phi) is 4.19. The smallest absolute Gasteiger partial charge is 0.267 e. The van der Waals surface area contributed by atoms with Crippen molar-refractivity contribution in [1.29, 1.82) is 0 Å². The largest absolute Gasteiger partial charge is 0.497 e. The van der Waals surface area contributed by atoms with Crippen LogP contribution in [0, 0.1) is 0 Å². The van der Waals surface area contributed by atoms with Gasteiger partial charge in [0.1, 0.15) is 17.2 Å². The first-order chi connectivity index (χ1) is 11.2. The first-order valence-electron chi connectivity index (χ1n) is 7.28. The van der Waals surface area contributed by atoms with E-state index in [0.29, 0.717) is 18.0 Å². The molecule has 0 aliphatic heterocycles. The quantitative estimate of drug-likeness (QED) is 0.761. The van der Waals surface area contributed by atoms with Crippen molar-refractivity contribution >= 4 is 16.8 Å². The van der Waals surface area contributed by atoms with Gasteiger partial charge in [-0.2, -0.15) is 0 Å². The van der Waals surface area contributed by atoms with Crippen molar-refractivity contribution in [1.82, 2.24) is 10.3 Å². The molecule has 2 aromatic carbocycles. The molecule has 23 heavy (non-hydrogen) atoms. The van der Waals surface area contributed by atoms with E-state index in [-0.39, 0.29) is 5.91 Å². The fourth-order valence-electron chi connectivity index (χ4n) is 2.49. The Hall–Kier alpha value is -2.95. The van der Waals surface area contributed by atoms with Crippen LogP contribution in [0.4, 0.5) is 0 Å². The molecule has 2 N–H and O–H groups in total. The highest BCUT2D eigenvalue weighted by Crippen LogP contribution is 2.24. The van der Waals surface area contributed by atoms with Crippen LogP contribution in [0.15, 0.2) is 48.5 Å². The van der Waals surface area contributed by atoms with Gasteiger partial charge in [-0.25, -0.2) is 0 Å². The summed E-state index contributed by atoms with van der Waals surface area (Å²) in [6.07, 6.45) is 0. The predicted molar refractivity (Wildman–Crippen MR) is 89.0 cm³/mol. The number of nitrogens with one attached hydrogen (secondary N) is 2. The van der Waals surface area contributed by atoms with Crippen LogP contribution in [0.3, 0.4) is 0 Å². The van der Waals surface area contributed by atoms with Gasteiger partial charge < -0.3 is 19.8 Å². The van der Waals surface area contributed by atoms with Crippen LogP contribution in [0.5, 0.6) is 11.5 Å². The van der Waals surface area contributed by atoms with Gasteiger partial charge in [0, 0.05) is 23.0 Å². The number of ether oxygens (including phenoxy) is 2. The molecule has 0 radical (unpaired) electrons. The van der Waals surface area contributed by atoms with Crippen molar-refractivity contribution in [2.75, 3.05) is 14.2 Å². The molecule has 1 heterocycles. The molecule has 0 saturated heterocycles. The average Bonchev–Trinajstić information content (AvgIpc) is 3.03. The number of amides is 1. The summed E-state index contributed by atoms with van der Waals surface area (Å²) >= 11 is 0. The Morgan fingerprint density at radius 1 is 1.09 bits per heavy atom. The lowest BCUT2D eigenvalue weighted by Crippen LogP contribution is -2.23. The number of methoxy groups -OCH3 is 2. The Morgan fingerprint density at radius 2 is 1.91 bits per heavy atom. The summed E-state index contributed by atoms with van der Waals surface area (Å²) in [5, 5.41) is 3.91. The predicted octanol–water partition coefficient (Wildman–Crippen LogP) is 3.12. The molecule has 5 nitrogen and oxygen atoms in total. The highest BCUT2D eigenvalue weighted by Gasteiger charge is 2.11. The Bertz CT molecular complexity index is 806. The lowest BCUT2D eigenvalue weighted by Gasteiger charge is -2.11. The molecule has 1 amide bonds. The molecule has 0 bridgehead atoms. The van der Waals surface area contributed by atoms with Gasteiger partial charge in [0.2, 0.25) is 0 Å². The van der Waals surface area contributed by atoms with Crippen LogP contribution in [0.25, 0.3) is 10.9 Å². The van der Waals surface area contributed by atoms with E-state index < -0.39 is 0 Å². The summed E-state index contributed by atoms with van der Waals surface area (Å²) in [6.45, 7) is 0.356. The van der Waals surface area contributed by atoms with Crippen molar-refractivity contribution in [3.05, 3.63) is 59.8 Å². The number of benzene rings is 2. The fraction of sp³-hybridized carbons (Fsp3) is 0.167. The van der Waals surface area contributed by atoms with Crippen molar-refractivity contribution < 1.29 is 14.3 Å². The number of para-hydroxylation sites is 1. The third kappa shape index (κ3) is 3.13. The highest BCUT2D eigenvalue weighted by molar-refractivity contribution is 5.97. The maximum absolute atomic E-state index is 12.3. The highest BCUT2D eigenvalue weighted by atomic mass is 16.5. The van der Waals surface area contributed by atoms with Gasteiger partial charge in [0.25, 0.3) is 5.91 Å². The fourth-order valence-corrected chi connectivity index (χ4v) is 2.49. The summed E-state index contributed by atoms with van der Waals surface area (Å²) in [4.78, 5) is 15.4. The minimum Gasteiger partial charge on any atom is -0.497 e. The number of carbonyl (C=O) groups is 1. The average molecular weight is 310 g/mol. The standard InChI is InChI=1S/C18H18N2O3/c1-22-14-7-8-17(23-2)13(9-14)11-19-18(21)16-10-12-5-3-4-6-15(12)20-16/h3-10,20H,11H2,1-2H3,(H,19,21). The first kappa shape index (κ1) is 15.0. The van der Waals surface area contributed by atoms with E-state index in [2.05, 4.69) is 10.3 Å². The molecular weight excluding hydrogens is 292 g/mol. The SMILES string of the molecule is COc1ccc(OC)c(CNC(=O)c2cc3ccccc3[nH]2)c1. The van der Waals surface area contributed by atoms with Gasteiger partial charge in [-0.05, 0) is 30.3 Å². The van der Waals surface area contributed by atoms with Crippen molar-refractivity contribution in [3.63, 3.8) is 0 Å². The number of hydrogen-bond donors (Lipinski definition) is 2. The molecule has 3 rings (SSSR count). The summed E-state index contributed by atoms with van der Waals surface area (Å²) < 4.78 is 10.5. The molecule has 5 heteroatoms. The summed E-state index contributed by atoms with van der Waals surface area (Å²) in [5.41, 5.74) is 2.33. The van der Waals surface area contributed by atoms with E-state index in [1.54, 1.807) is 14.2 Å². The lowest BCUT2D eigenvalue weighted by molar-refractivity contribution is 0.0946. The van der Waals surface area contributed by atoms with Crippen molar-refractivity contribution in [2.45, 2.75) is 6.54 Å². The number of aromatic amines is 1. The van der Waals surface area contributed by atoms with Gasteiger partial charge in [0.05, 0.1) is 14.2 Å². The minimum atomic E-state index is -0.161. The van der Waals surface area contributed by atoms with Crippen LogP contribution in [-0.4, -0.2) is 25.1 Å². The Morgan fingerprint density at radius 3 is 2.65 bits per heavy atom. The molecule has 0 atom stereocenters.